The average molecular weight is 329 g/mol. The Morgan fingerprint density at radius 2 is 1.62 bits per heavy atom. The first-order chi connectivity index (χ1) is 11.6. The highest BCUT2D eigenvalue weighted by molar-refractivity contribution is 5.94. The maximum absolute atomic E-state index is 12.5. The van der Waals surface area contributed by atoms with Gasteiger partial charge in [-0.2, -0.15) is 0 Å². The number of piperidine rings is 1. The van der Waals surface area contributed by atoms with Crippen LogP contribution >= 0.6 is 0 Å². The van der Waals surface area contributed by atoms with Crippen LogP contribution in [-0.4, -0.2) is 42.0 Å². The highest BCUT2D eigenvalue weighted by atomic mass is 16.2. The number of amides is 3. The number of rotatable bonds is 3. The summed E-state index contributed by atoms with van der Waals surface area (Å²) in [5.41, 5.74) is 1.85. The molecular weight excluding hydrogens is 302 g/mol. The number of carbonyl (C=O) groups is 2. The molecule has 2 N–H and O–H groups in total. The van der Waals surface area contributed by atoms with Crippen LogP contribution < -0.4 is 10.6 Å². The summed E-state index contributed by atoms with van der Waals surface area (Å²) >= 11 is 0. The molecule has 0 radical (unpaired) electrons. The van der Waals surface area contributed by atoms with Crippen molar-refractivity contribution in [3.63, 3.8) is 0 Å². The van der Waals surface area contributed by atoms with Gasteiger partial charge in [0, 0.05) is 30.7 Å². The van der Waals surface area contributed by atoms with Crippen LogP contribution in [0.15, 0.2) is 24.3 Å². The van der Waals surface area contributed by atoms with E-state index in [1.807, 2.05) is 36.1 Å². The highest BCUT2D eigenvalue weighted by Crippen LogP contribution is 2.18. The molecule has 0 unspecified atom stereocenters. The van der Waals surface area contributed by atoms with E-state index in [0.717, 1.165) is 36.8 Å². The van der Waals surface area contributed by atoms with Gasteiger partial charge >= 0.3 is 6.03 Å². The fourth-order valence-electron chi connectivity index (χ4n) is 3.67. The first-order valence-electron chi connectivity index (χ1n) is 9.05. The number of benzene rings is 1. The lowest BCUT2D eigenvalue weighted by Crippen LogP contribution is -2.50. The fraction of sp³-hybridized carbons (Fsp3) is 0.579. The van der Waals surface area contributed by atoms with Gasteiger partial charge in [-0.05, 0) is 44.7 Å². The summed E-state index contributed by atoms with van der Waals surface area (Å²) in [5, 5.41) is 6.13. The molecule has 1 aromatic carbocycles. The quantitative estimate of drug-likeness (QED) is 0.896. The van der Waals surface area contributed by atoms with Crippen LogP contribution in [0.1, 0.15) is 54.4 Å². The van der Waals surface area contributed by atoms with Crippen molar-refractivity contribution in [2.24, 2.45) is 0 Å². The van der Waals surface area contributed by atoms with Gasteiger partial charge in [0.05, 0.1) is 0 Å². The number of aryl methyl sites for hydroxylation is 1. The number of carbonyl (C=O) groups excluding carboxylic acids is 2. The van der Waals surface area contributed by atoms with E-state index in [1.165, 1.54) is 12.8 Å². The number of urea groups is 1. The molecule has 130 valence electrons. The zero-order valence-corrected chi connectivity index (χ0v) is 14.4. The first kappa shape index (κ1) is 16.8. The second kappa shape index (κ2) is 7.69. The molecule has 1 aromatic rings. The molecule has 1 aliphatic heterocycles. The maximum atomic E-state index is 12.5. The Kier molecular flexibility index (Phi) is 5.38. The molecule has 2 aliphatic rings. The van der Waals surface area contributed by atoms with Crippen LogP contribution in [0.3, 0.4) is 0 Å². The molecular formula is C19H27N3O2. The smallest absolute Gasteiger partial charge is 0.315 e. The topological polar surface area (TPSA) is 61.4 Å². The molecule has 2 fully saturated rings. The molecule has 1 saturated carbocycles. The molecule has 1 heterocycles. The van der Waals surface area contributed by atoms with Crippen molar-refractivity contribution in [2.75, 3.05) is 13.1 Å². The maximum Gasteiger partial charge on any atom is 0.315 e. The van der Waals surface area contributed by atoms with Gasteiger partial charge in [0.2, 0.25) is 0 Å². The van der Waals surface area contributed by atoms with Crippen molar-refractivity contribution < 1.29 is 9.59 Å². The van der Waals surface area contributed by atoms with E-state index < -0.39 is 0 Å². The van der Waals surface area contributed by atoms with Gasteiger partial charge in [-0.25, -0.2) is 4.79 Å². The third-order valence-electron chi connectivity index (χ3n) is 5.07. The summed E-state index contributed by atoms with van der Waals surface area (Å²) in [6.45, 7) is 3.39. The Bertz CT molecular complexity index is 588. The van der Waals surface area contributed by atoms with E-state index in [1.54, 1.807) is 0 Å². The third kappa shape index (κ3) is 4.28. The van der Waals surface area contributed by atoms with Crippen LogP contribution in [0.2, 0.25) is 0 Å². The van der Waals surface area contributed by atoms with Gasteiger partial charge in [0.25, 0.3) is 5.91 Å². The second-order valence-corrected chi connectivity index (χ2v) is 7.04. The number of nitrogens with one attached hydrogen (secondary N) is 2. The molecule has 3 amide bonds. The SMILES string of the molecule is Cc1cccc(C(=O)N2CCC(NC(=O)NC3CCCC3)CC2)c1. The zero-order valence-electron chi connectivity index (χ0n) is 14.4. The minimum Gasteiger partial charge on any atom is -0.338 e. The van der Waals surface area contributed by atoms with E-state index in [2.05, 4.69) is 10.6 Å². The summed E-state index contributed by atoms with van der Waals surface area (Å²) < 4.78 is 0. The zero-order chi connectivity index (χ0) is 16.9. The summed E-state index contributed by atoms with van der Waals surface area (Å²) in [7, 11) is 0. The molecule has 3 rings (SSSR count). The minimum absolute atomic E-state index is 0.0506. The van der Waals surface area contributed by atoms with Crippen molar-refractivity contribution in [3.05, 3.63) is 35.4 Å². The molecule has 0 spiro atoms. The average Bonchev–Trinajstić information content (AvgIpc) is 3.07. The van der Waals surface area contributed by atoms with Gasteiger partial charge in [-0.15, -0.1) is 0 Å². The minimum atomic E-state index is -0.0506. The molecule has 0 atom stereocenters. The number of hydrogen-bond donors (Lipinski definition) is 2. The lowest BCUT2D eigenvalue weighted by molar-refractivity contribution is 0.0708. The Balaban J connectivity index is 1.45. The lowest BCUT2D eigenvalue weighted by atomic mass is 10.0. The van der Waals surface area contributed by atoms with Gasteiger partial charge in [0.1, 0.15) is 0 Å². The van der Waals surface area contributed by atoms with Crippen molar-refractivity contribution in [1.29, 1.82) is 0 Å². The first-order valence-corrected chi connectivity index (χ1v) is 9.05. The van der Waals surface area contributed by atoms with E-state index in [-0.39, 0.29) is 18.0 Å². The standard InChI is InChI=1S/C19H27N3O2/c1-14-5-4-6-15(13-14)18(23)22-11-9-17(10-12-22)21-19(24)20-16-7-2-3-8-16/h4-6,13,16-17H,2-3,7-12H2,1H3,(H2,20,21,24). The van der Waals surface area contributed by atoms with Crippen molar-refractivity contribution in [2.45, 2.75) is 57.5 Å². The molecule has 5 heteroatoms. The monoisotopic (exact) mass is 329 g/mol. The summed E-state index contributed by atoms with van der Waals surface area (Å²) in [5.74, 6) is 0.0903. The van der Waals surface area contributed by atoms with Crippen LogP contribution in [0, 0.1) is 6.92 Å². The second-order valence-electron chi connectivity index (χ2n) is 7.04. The van der Waals surface area contributed by atoms with Gasteiger partial charge in [0.15, 0.2) is 0 Å². The van der Waals surface area contributed by atoms with Crippen molar-refractivity contribution in [1.82, 2.24) is 15.5 Å². The molecule has 1 saturated heterocycles. The highest BCUT2D eigenvalue weighted by Gasteiger charge is 2.25. The normalized spacial score (nSPS) is 19.3. The van der Waals surface area contributed by atoms with E-state index in [4.69, 9.17) is 0 Å². The number of likely N-dealkylation sites (tertiary alicyclic amines) is 1. The largest absolute Gasteiger partial charge is 0.338 e. The molecule has 24 heavy (non-hydrogen) atoms. The van der Waals surface area contributed by atoms with Crippen molar-refractivity contribution in [3.8, 4) is 0 Å². The number of hydrogen-bond acceptors (Lipinski definition) is 2. The van der Waals surface area contributed by atoms with Crippen LogP contribution in [-0.2, 0) is 0 Å². The predicted molar refractivity (Wildman–Crippen MR) is 94.0 cm³/mol. The van der Waals surface area contributed by atoms with E-state index in [0.29, 0.717) is 19.1 Å². The molecule has 0 aromatic heterocycles. The Labute approximate surface area is 143 Å². The van der Waals surface area contributed by atoms with E-state index >= 15 is 0 Å². The van der Waals surface area contributed by atoms with Crippen LogP contribution in [0.4, 0.5) is 4.79 Å². The van der Waals surface area contributed by atoms with Crippen LogP contribution in [0.25, 0.3) is 0 Å². The van der Waals surface area contributed by atoms with Crippen LogP contribution in [0.5, 0.6) is 0 Å². The third-order valence-corrected chi connectivity index (χ3v) is 5.07. The Morgan fingerprint density at radius 3 is 2.25 bits per heavy atom. The van der Waals surface area contributed by atoms with Gasteiger partial charge in [-0.1, -0.05) is 30.5 Å². The number of nitrogens with zero attached hydrogens (tertiary/aromatic N) is 1. The Morgan fingerprint density at radius 1 is 1.00 bits per heavy atom. The van der Waals surface area contributed by atoms with E-state index in [9.17, 15) is 9.59 Å². The van der Waals surface area contributed by atoms with Gasteiger partial charge < -0.3 is 15.5 Å². The lowest BCUT2D eigenvalue weighted by Gasteiger charge is -2.32. The molecule has 0 bridgehead atoms. The Hall–Kier alpha value is -2.04. The van der Waals surface area contributed by atoms with Gasteiger partial charge in [-0.3, -0.25) is 4.79 Å². The predicted octanol–water partition coefficient (Wildman–Crippen LogP) is 2.84. The molecule has 5 nitrogen and oxygen atoms in total. The summed E-state index contributed by atoms with van der Waals surface area (Å²) in [6, 6.07) is 8.17. The molecule has 1 aliphatic carbocycles. The van der Waals surface area contributed by atoms with Crippen molar-refractivity contribution >= 4 is 11.9 Å². The summed E-state index contributed by atoms with van der Waals surface area (Å²) in [4.78, 5) is 26.5. The fourth-order valence-corrected chi connectivity index (χ4v) is 3.67. The summed E-state index contributed by atoms with van der Waals surface area (Å²) in [6.07, 6.45) is 6.24.